The molecule has 0 bridgehead atoms. The molecule has 8 nitrogen and oxygen atoms in total. The molecule has 1 aliphatic heterocycles. The Morgan fingerprint density at radius 3 is 2.60 bits per heavy atom. The van der Waals surface area contributed by atoms with Crippen molar-refractivity contribution in [1.29, 1.82) is 0 Å². The predicted molar refractivity (Wildman–Crippen MR) is 125 cm³/mol. The lowest BCUT2D eigenvalue weighted by Crippen LogP contribution is -2.52. The number of benzene rings is 2. The summed E-state index contributed by atoms with van der Waals surface area (Å²) in [6.07, 6.45) is 0.806. The second-order valence-corrected chi connectivity index (χ2v) is 9.07. The van der Waals surface area contributed by atoms with Crippen LogP contribution in [0.2, 0.25) is 5.02 Å². The number of alkyl halides is 1. The number of hydrogen-bond acceptors (Lipinski definition) is 5. The van der Waals surface area contributed by atoms with Crippen molar-refractivity contribution in [3.05, 3.63) is 70.8 Å². The molecule has 2 aromatic carbocycles. The molecule has 0 aliphatic carbocycles. The third-order valence-corrected chi connectivity index (χ3v) is 6.20. The quantitative estimate of drug-likeness (QED) is 0.391. The first-order chi connectivity index (χ1) is 16.8. The van der Waals surface area contributed by atoms with Gasteiger partial charge in [0.15, 0.2) is 5.69 Å². The minimum atomic E-state index is -1.01. The fourth-order valence-corrected chi connectivity index (χ4v) is 4.32. The van der Waals surface area contributed by atoms with Gasteiger partial charge in [0.2, 0.25) is 0 Å². The number of likely N-dealkylation sites (tertiary alicyclic amines) is 1. The lowest BCUT2D eigenvalue weighted by Gasteiger charge is -2.36. The number of amides is 1. The van der Waals surface area contributed by atoms with Crippen LogP contribution in [0.1, 0.15) is 22.5 Å². The zero-order valence-corrected chi connectivity index (χ0v) is 19.4. The fraction of sp³-hybridized carbons (Fsp3) is 0.333. The summed E-state index contributed by atoms with van der Waals surface area (Å²) in [6.45, 7) is 0.613. The van der Waals surface area contributed by atoms with Crippen LogP contribution in [0.3, 0.4) is 0 Å². The van der Waals surface area contributed by atoms with E-state index in [1.807, 2.05) is 0 Å². The van der Waals surface area contributed by atoms with Crippen LogP contribution in [-0.4, -0.2) is 69.1 Å². The van der Waals surface area contributed by atoms with E-state index in [1.165, 1.54) is 18.3 Å². The number of halogens is 3. The maximum absolute atomic E-state index is 14.2. The van der Waals surface area contributed by atoms with Gasteiger partial charge in [-0.15, -0.1) is 0 Å². The number of aromatic nitrogens is 3. The molecular weight excluding hydrogens is 480 g/mol. The molecule has 0 radical (unpaired) electrons. The molecule has 4 rings (SSSR count). The summed E-state index contributed by atoms with van der Waals surface area (Å²) in [4.78, 5) is 26.3. The standard InChI is InChI=1S/C24H24ClF2N5O3/c25-17-5-6-21(27)20(9-17)15-3-1-14(2-4-15)7-19(29-23(33)22-10-28-31-30-22)8-16(24(34)35)11-32-12-18(26)13-32/h1-6,9-10,16,18-19H,7-8,11-13H2,(H,29,33)(H,34,35)(H,28,30,31). The number of rotatable bonds is 10. The first-order valence-corrected chi connectivity index (χ1v) is 11.5. The van der Waals surface area contributed by atoms with E-state index in [-0.39, 0.29) is 31.7 Å². The van der Waals surface area contributed by atoms with Gasteiger partial charge >= 0.3 is 5.97 Å². The molecule has 0 saturated carbocycles. The van der Waals surface area contributed by atoms with Crippen molar-refractivity contribution in [2.24, 2.45) is 5.92 Å². The third kappa shape index (κ3) is 6.40. The molecular formula is C24H24ClF2N5O3. The number of carbonyl (C=O) groups excluding carboxylic acids is 1. The van der Waals surface area contributed by atoms with E-state index in [2.05, 4.69) is 20.7 Å². The first-order valence-electron chi connectivity index (χ1n) is 11.1. The van der Waals surface area contributed by atoms with Crippen molar-refractivity contribution in [2.75, 3.05) is 19.6 Å². The summed E-state index contributed by atoms with van der Waals surface area (Å²) in [6, 6.07) is 10.9. The predicted octanol–water partition coefficient (Wildman–Crippen LogP) is 3.35. The van der Waals surface area contributed by atoms with Crippen LogP contribution in [0.5, 0.6) is 0 Å². The maximum atomic E-state index is 14.2. The van der Waals surface area contributed by atoms with Crippen molar-refractivity contribution in [3.8, 4) is 11.1 Å². The minimum absolute atomic E-state index is 0.0802. The Morgan fingerprint density at radius 2 is 1.97 bits per heavy atom. The molecule has 1 amide bonds. The first kappa shape index (κ1) is 24.7. The van der Waals surface area contributed by atoms with E-state index >= 15 is 0 Å². The van der Waals surface area contributed by atoms with Crippen molar-refractivity contribution in [1.82, 2.24) is 25.6 Å². The van der Waals surface area contributed by atoms with Crippen molar-refractivity contribution in [2.45, 2.75) is 25.1 Å². The maximum Gasteiger partial charge on any atom is 0.307 e. The number of aromatic amines is 1. The van der Waals surface area contributed by atoms with Gasteiger partial charge in [-0.2, -0.15) is 15.4 Å². The summed E-state index contributed by atoms with van der Waals surface area (Å²) in [7, 11) is 0. The number of hydrogen-bond donors (Lipinski definition) is 3. The average Bonchev–Trinajstić information content (AvgIpc) is 3.35. The van der Waals surface area contributed by atoms with E-state index in [9.17, 15) is 23.5 Å². The normalized spacial score (nSPS) is 15.9. The Kier molecular flexibility index (Phi) is 7.72. The van der Waals surface area contributed by atoms with Gasteiger partial charge in [-0.05, 0) is 42.2 Å². The zero-order chi connectivity index (χ0) is 24.9. The molecule has 1 aromatic heterocycles. The van der Waals surface area contributed by atoms with Crippen LogP contribution in [0, 0.1) is 11.7 Å². The fourth-order valence-electron chi connectivity index (χ4n) is 4.15. The minimum Gasteiger partial charge on any atom is -0.481 e. The Bertz CT molecular complexity index is 1170. The molecule has 0 spiro atoms. The largest absolute Gasteiger partial charge is 0.481 e. The summed E-state index contributed by atoms with van der Waals surface area (Å²) >= 11 is 6.00. The van der Waals surface area contributed by atoms with E-state index in [4.69, 9.17) is 11.6 Å². The molecule has 1 aliphatic rings. The second-order valence-electron chi connectivity index (χ2n) is 8.64. The smallest absolute Gasteiger partial charge is 0.307 e. The highest BCUT2D eigenvalue weighted by Gasteiger charge is 2.32. The topological polar surface area (TPSA) is 111 Å². The van der Waals surface area contributed by atoms with Gasteiger partial charge in [0, 0.05) is 36.3 Å². The molecule has 2 heterocycles. The van der Waals surface area contributed by atoms with Crippen LogP contribution in [-0.2, 0) is 11.2 Å². The van der Waals surface area contributed by atoms with Crippen molar-refractivity contribution >= 4 is 23.5 Å². The second kappa shape index (κ2) is 10.9. The van der Waals surface area contributed by atoms with E-state index < -0.39 is 35.8 Å². The number of carboxylic acids is 1. The Hall–Kier alpha value is -3.37. The number of nitrogens with one attached hydrogen (secondary N) is 2. The number of H-pyrrole nitrogens is 1. The van der Waals surface area contributed by atoms with Gasteiger partial charge in [-0.25, -0.2) is 8.78 Å². The molecule has 2 unspecified atom stereocenters. The highest BCUT2D eigenvalue weighted by atomic mass is 35.5. The van der Waals surface area contributed by atoms with Crippen LogP contribution in [0.4, 0.5) is 8.78 Å². The van der Waals surface area contributed by atoms with Crippen molar-refractivity contribution in [3.63, 3.8) is 0 Å². The lowest BCUT2D eigenvalue weighted by molar-refractivity contribution is -0.143. The lowest BCUT2D eigenvalue weighted by atomic mass is 9.92. The molecule has 35 heavy (non-hydrogen) atoms. The van der Waals surface area contributed by atoms with E-state index in [0.29, 0.717) is 22.6 Å². The highest BCUT2D eigenvalue weighted by molar-refractivity contribution is 6.30. The van der Waals surface area contributed by atoms with Crippen LogP contribution < -0.4 is 5.32 Å². The van der Waals surface area contributed by atoms with Gasteiger partial charge in [-0.1, -0.05) is 35.9 Å². The molecule has 1 saturated heterocycles. The number of aliphatic carboxylic acids is 1. The zero-order valence-electron chi connectivity index (χ0n) is 18.6. The Labute approximate surface area is 205 Å². The third-order valence-electron chi connectivity index (χ3n) is 5.97. The Balaban J connectivity index is 1.50. The molecule has 1 fully saturated rings. The van der Waals surface area contributed by atoms with Gasteiger partial charge < -0.3 is 10.4 Å². The molecule has 3 N–H and O–H groups in total. The Morgan fingerprint density at radius 1 is 1.23 bits per heavy atom. The van der Waals surface area contributed by atoms with Gasteiger partial charge in [0.1, 0.15) is 12.0 Å². The van der Waals surface area contributed by atoms with Gasteiger partial charge in [0.25, 0.3) is 5.91 Å². The van der Waals surface area contributed by atoms with Gasteiger partial charge in [0.05, 0.1) is 12.1 Å². The highest BCUT2D eigenvalue weighted by Crippen LogP contribution is 2.27. The van der Waals surface area contributed by atoms with E-state index in [0.717, 1.165) is 5.56 Å². The summed E-state index contributed by atoms with van der Waals surface area (Å²) in [5.41, 5.74) is 1.90. The average molecular weight is 504 g/mol. The monoisotopic (exact) mass is 503 g/mol. The van der Waals surface area contributed by atoms with Crippen LogP contribution in [0.25, 0.3) is 11.1 Å². The molecule has 2 atom stereocenters. The number of carboxylic acid groups (broad SMARTS) is 1. The molecule has 3 aromatic rings. The SMILES string of the molecule is O=C(NC(Cc1ccc(-c2cc(Cl)ccc2F)cc1)CC(CN1CC(F)C1)C(=O)O)c1cn[nH]n1. The summed E-state index contributed by atoms with van der Waals surface area (Å²) in [5.74, 6) is -2.70. The summed E-state index contributed by atoms with van der Waals surface area (Å²) < 4.78 is 27.4. The van der Waals surface area contributed by atoms with Crippen molar-refractivity contribution < 1.29 is 23.5 Å². The van der Waals surface area contributed by atoms with Crippen LogP contribution in [0.15, 0.2) is 48.7 Å². The van der Waals surface area contributed by atoms with Crippen LogP contribution >= 0.6 is 11.6 Å². The number of carbonyl (C=O) groups is 2. The number of nitrogens with zero attached hydrogens (tertiary/aromatic N) is 3. The summed E-state index contributed by atoms with van der Waals surface area (Å²) in [5, 5.41) is 22.8. The van der Waals surface area contributed by atoms with E-state index in [1.54, 1.807) is 35.2 Å². The molecule has 184 valence electrons. The molecule has 11 heteroatoms. The van der Waals surface area contributed by atoms with Gasteiger partial charge in [-0.3, -0.25) is 14.5 Å².